The first-order valence-electron chi connectivity index (χ1n) is 13.1. The Bertz CT molecular complexity index is 1410. The van der Waals surface area contributed by atoms with E-state index in [-0.39, 0.29) is 20.3 Å². The molecule has 0 radical (unpaired) electrons. The molecule has 0 aromatic heterocycles. The van der Waals surface area contributed by atoms with Crippen molar-refractivity contribution < 1.29 is 20.3 Å². The van der Waals surface area contributed by atoms with Crippen LogP contribution in [0.2, 0.25) is 0 Å². The van der Waals surface area contributed by atoms with Gasteiger partial charge in [-0.3, -0.25) is 0 Å². The summed E-state index contributed by atoms with van der Waals surface area (Å²) in [6, 6.07) is 58.0. The van der Waals surface area contributed by atoms with Gasteiger partial charge in [0.15, 0.2) is 0 Å². The van der Waals surface area contributed by atoms with E-state index in [0.717, 1.165) is 12.3 Å². The molecule has 0 heterocycles. The smallest absolute Gasteiger partial charge is 1.00 e. The van der Waals surface area contributed by atoms with Crippen molar-refractivity contribution in [3.63, 3.8) is 0 Å². The summed E-state index contributed by atoms with van der Waals surface area (Å²) in [6.45, 7) is 0. The first-order chi connectivity index (χ1) is 18.9. The van der Waals surface area contributed by atoms with Crippen molar-refractivity contribution in [2.24, 2.45) is 0 Å². The Morgan fingerprint density at radius 2 is 0.667 bits per heavy atom. The predicted molar refractivity (Wildman–Crippen MR) is 171 cm³/mol. The fraction of sp³-hybridized carbons (Fsp3) is 0.0556. The fourth-order valence-electron chi connectivity index (χ4n) is 5.20. The van der Waals surface area contributed by atoms with Crippen LogP contribution < -0.4 is 40.1 Å². The summed E-state index contributed by atoms with van der Waals surface area (Å²) in [5.41, 5.74) is 2.90. The molecule has 0 amide bonds. The standard InChI is InChI=1S/C36H30P2.Li.H/c1-5-19-32(20-6-1)37(33-21-7-2-8-22-33)27-30-17-13-15-29-16-14-18-31(36(29)30)28-38(34-23-9-3-10-24-34)35-25-11-4-12-26-35;;/h1-26H,27-28H2;;/q;+1;-1. The van der Waals surface area contributed by atoms with Crippen LogP contribution >= 0.6 is 15.8 Å². The van der Waals surface area contributed by atoms with Crippen molar-refractivity contribution in [2.75, 3.05) is 0 Å². The van der Waals surface area contributed by atoms with Crippen LogP contribution in [0.1, 0.15) is 12.6 Å². The molecule has 0 aliphatic rings. The molecule has 0 saturated heterocycles. The van der Waals surface area contributed by atoms with Crippen LogP contribution in [0.15, 0.2) is 158 Å². The summed E-state index contributed by atoms with van der Waals surface area (Å²) >= 11 is 0. The van der Waals surface area contributed by atoms with Gasteiger partial charge >= 0.3 is 18.9 Å². The molecule has 0 fully saturated rings. The van der Waals surface area contributed by atoms with Crippen molar-refractivity contribution in [2.45, 2.75) is 12.3 Å². The Balaban J connectivity index is 0.00000185. The van der Waals surface area contributed by atoms with Crippen LogP contribution in [0.4, 0.5) is 0 Å². The Kier molecular flexibility index (Phi) is 9.48. The molecule has 6 rings (SSSR count). The summed E-state index contributed by atoms with van der Waals surface area (Å²) in [5.74, 6) is 0. The maximum Gasteiger partial charge on any atom is 1.00 e. The molecule has 0 spiro atoms. The quantitative estimate of drug-likeness (QED) is 0.186. The minimum Gasteiger partial charge on any atom is -1.00 e. The average Bonchev–Trinajstić information content (AvgIpc) is 3.00. The van der Waals surface area contributed by atoms with Gasteiger partial charge in [0.05, 0.1) is 0 Å². The van der Waals surface area contributed by atoms with E-state index in [1.54, 1.807) is 0 Å². The monoisotopic (exact) mass is 532 g/mol. The molecule has 0 unspecified atom stereocenters. The van der Waals surface area contributed by atoms with Gasteiger partial charge in [0.25, 0.3) is 0 Å². The second-order valence-corrected chi connectivity index (χ2v) is 13.9. The van der Waals surface area contributed by atoms with Gasteiger partial charge in [-0.05, 0) is 59.0 Å². The number of fused-ring (bicyclic) bond motifs is 1. The van der Waals surface area contributed by atoms with Gasteiger partial charge in [-0.2, -0.15) is 0 Å². The Morgan fingerprint density at radius 3 is 0.974 bits per heavy atom. The van der Waals surface area contributed by atoms with E-state index in [4.69, 9.17) is 0 Å². The average molecular weight is 533 g/mol. The molecule has 0 aliphatic heterocycles. The zero-order valence-corrected chi connectivity index (χ0v) is 24.1. The minimum atomic E-state index is -0.515. The third kappa shape index (κ3) is 6.44. The van der Waals surface area contributed by atoms with E-state index in [2.05, 4.69) is 158 Å². The summed E-state index contributed by atoms with van der Waals surface area (Å²) in [5, 5.41) is 8.50. The van der Waals surface area contributed by atoms with Crippen LogP contribution in [0, 0.1) is 0 Å². The van der Waals surface area contributed by atoms with Gasteiger partial charge in [0.2, 0.25) is 0 Å². The second kappa shape index (κ2) is 13.4. The van der Waals surface area contributed by atoms with Crippen LogP contribution in [0.5, 0.6) is 0 Å². The summed E-state index contributed by atoms with van der Waals surface area (Å²) < 4.78 is 0. The maximum absolute atomic E-state index is 2.36. The zero-order chi connectivity index (χ0) is 25.6. The number of hydrogen-bond acceptors (Lipinski definition) is 0. The summed E-state index contributed by atoms with van der Waals surface area (Å²) in [7, 11) is -1.03. The van der Waals surface area contributed by atoms with Gasteiger partial charge in [-0.25, -0.2) is 0 Å². The Morgan fingerprint density at radius 1 is 0.359 bits per heavy atom. The van der Waals surface area contributed by atoms with E-state index >= 15 is 0 Å². The first kappa shape index (κ1) is 27.6. The number of hydrogen-bond donors (Lipinski definition) is 0. The van der Waals surface area contributed by atoms with Crippen LogP contribution in [-0.4, -0.2) is 0 Å². The summed E-state index contributed by atoms with van der Waals surface area (Å²) in [4.78, 5) is 0. The van der Waals surface area contributed by atoms with E-state index in [0.29, 0.717) is 0 Å². The van der Waals surface area contributed by atoms with E-state index < -0.39 is 15.8 Å². The molecule has 6 aromatic carbocycles. The third-order valence-electron chi connectivity index (χ3n) is 7.01. The van der Waals surface area contributed by atoms with E-state index in [9.17, 15) is 0 Å². The van der Waals surface area contributed by atoms with Crippen molar-refractivity contribution >= 4 is 47.8 Å². The van der Waals surface area contributed by atoms with E-state index in [1.165, 1.54) is 43.1 Å². The van der Waals surface area contributed by atoms with Crippen LogP contribution in [-0.2, 0) is 12.3 Å². The van der Waals surface area contributed by atoms with Crippen LogP contribution in [0.25, 0.3) is 10.8 Å². The fourth-order valence-corrected chi connectivity index (χ4v) is 9.86. The van der Waals surface area contributed by atoms with Gasteiger partial charge in [0.1, 0.15) is 0 Å². The Hall–Kier alpha value is -2.96. The van der Waals surface area contributed by atoms with Crippen molar-refractivity contribution in [1.82, 2.24) is 0 Å². The topological polar surface area (TPSA) is 0 Å². The normalized spacial score (nSPS) is 11.0. The largest absolute Gasteiger partial charge is 1.00 e. The van der Waals surface area contributed by atoms with Gasteiger partial charge < -0.3 is 1.43 Å². The minimum absolute atomic E-state index is 0. The third-order valence-corrected chi connectivity index (χ3v) is 12.0. The molecule has 0 bridgehead atoms. The number of rotatable bonds is 8. The first-order valence-corrected chi connectivity index (χ1v) is 16.2. The van der Waals surface area contributed by atoms with Crippen molar-refractivity contribution in [3.05, 3.63) is 169 Å². The zero-order valence-electron chi connectivity index (χ0n) is 23.3. The molecule has 0 nitrogen and oxygen atoms in total. The van der Waals surface area contributed by atoms with Crippen LogP contribution in [0.3, 0.4) is 0 Å². The van der Waals surface area contributed by atoms with Crippen molar-refractivity contribution in [3.8, 4) is 0 Å². The van der Waals surface area contributed by atoms with E-state index in [1.807, 2.05) is 0 Å². The predicted octanol–water partition coefficient (Wildman–Crippen LogP) is 5.22. The molecular weight excluding hydrogens is 501 g/mol. The molecule has 0 saturated carbocycles. The van der Waals surface area contributed by atoms with Gasteiger partial charge in [-0.1, -0.05) is 158 Å². The number of benzene rings is 6. The molecule has 3 heteroatoms. The molecule has 186 valence electrons. The van der Waals surface area contributed by atoms with Crippen molar-refractivity contribution in [1.29, 1.82) is 0 Å². The Labute approximate surface area is 248 Å². The molecule has 6 aromatic rings. The van der Waals surface area contributed by atoms with Gasteiger partial charge in [-0.15, -0.1) is 0 Å². The second-order valence-electron chi connectivity index (χ2n) is 9.45. The molecule has 0 N–H and O–H groups in total. The summed E-state index contributed by atoms with van der Waals surface area (Å²) in [6.07, 6.45) is 2.07. The maximum atomic E-state index is 2.36. The molecule has 39 heavy (non-hydrogen) atoms. The SMILES string of the molecule is [H-].[Li+].c1ccc(P(Cc2cccc3cccc(CP(c4ccccc4)c4ccccc4)c23)c2ccccc2)cc1. The molecule has 0 aliphatic carbocycles. The van der Waals surface area contributed by atoms with Gasteiger partial charge in [0, 0.05) is 12.3 Å². The molecular formula is C36H31LiP2. The molecule has 0 atom stereocenters.